The average molecular weight is 494 g/mol. The van der Waals surface area contributed by atoms with E-state index >= 15 is 0 Å². The van der Waals surface area contributed by atoms with Gasteiger partial charge in [-0.2, -0.15) is 0 Å². The van der Waals surface area contributed by atoms with Crippen molar-refractivity contribution in [2.24, 2.45) is 0 Å². The second-order valence-corrected chi connectivity index (χ2v) is 9.65. The zero-order valence-corrected chi connectivity index (χ0v) is 20.3. The van der Waals surface area contributed by atoms with Gasteiger partial charge in [-0.3, -0.25) is 19.3 Å². The van der Waals surface area contributed by atoms with Crippen LogP contribution in [-0.2, 0) is 9.59 Å². The number of thiophene rings is 1. The molecule has 0 radical (unpaired) electrons. The van der Waals surface area contributed by atoms with Crippen LogP contribution in [-0.4, -0.2) is 30.3 Å². The number of hydrogen-bond acceptors (Lipinski definition) is 4. The Morgan fingerprint density at radius 3 is 2.34 bits per heavy atom. The van der Waals surface area contributed by atoms with Crippen molar-refractivity contribution in [1.29, 1.82) is 0 Å². The molecule has 8 heteroatoms. The molecule has 1 aliphatic rings. The highest BCUT2D eigenvalue weighted by atomic mass is 32.1. The summed E-state index contributed by atoms with van der Waals surface area (Å²) >= 11 is 1.28. The van der Waals surface area contributed by atoms with Crippen LogP contribution in [0.4, 0.5) is 10.1 Å². The molecule has 1 fully saturated rings. The van der Waals surface area contributed by atoms with E-state index in [-0.39, 0.29) is 24.4 Å². The summed E-state index contributed by atoms with van der Waals surface area (Å²) in [6.45, 7) is 1.64. The van der Waals surface area contributed by atoms with Crippen molar-refractivity contribution in [3.63, 3.8) is 0 Å². The lowest BCUT2D eigenvalue weighted by molar-refractivity contribution is -0.126. The molecule has 1 atom stereocenters. The summed E-state index contributed by atoms with van der Waals surface area (Å²) < 4.78 is 13.7. The van der Waals surface area contributed by atoms with Gasteiger partial charge in [-0.15, -0.1) is 11.3 Å². The lowest BCUT2D eigenvalue weighted by Gasteiger charge is -2.32. The van der Waals surface area contributed by atoms with E-state index < -0.39 is 17.8 Å². The molecule has 35 heavy (non-hydrogen) atoms. The molecule has 0 bridgehead atoms. The number of aryl methyl sites for hydroxylation is 1. The van der Waals surface area contributed by atoms with Gasteiger partial charge in [-0.05, 0) is 61.0 Å². The second-order valence-electron chi connectivity index (χ2n) is 8.70. The molecule has 1 heterocycles. The van der Waals surface area contributed by atoms with Crippen molar-refractivity contribution < 1.29 is 18.8 Å². The fourth-order valence-electron chi connectivity index (χ4n) is 4.29. The smallest absolute Gasteiger partial charge is 0.261 e. The molecule has 0 unspecified atom stereocenters. The lowest BCUT2D eigenvalue weighted by atomic mass is 10.0. The van der Waals surface area contributed by atoms with Crippen LogP contribution in [0.1, 0.15) is 52.5 Å². The number of halogens is 1. The van der Waals surface area contributed by atoms with Crippen LogP contribution in [0.25, 0.3) is 0 Å². The average Bonchev–Trinajstić information content (AvgIpc) is 3.57. The Bertz CT molecular complexity index is 1160. The molecule has 1 saturated carbocycles. The Morgan fingerprint density at radius 1 is 1.03 bits per heavy atom. The van der Waals surface area contributed by atoms with Crippen LogP contribution < -0.4 is 15.5 Å². The molecule has 1 aliphatic carbocycles. The summed E-state index contributed by atoms with van der Waals surface area (Å²) in [5, 5.41) is 7.53. The minimum atomic E-state index is -1.02. The van der Waals surface area contributed by atoms with E-state index in [1.54, 1.807) is 29.6 Å². The number of nitrogens with zero attached hydrogens (tertiary/aromatic N) is 1. The molecule has 2 aromatic carbocycles. The molecule has 4 rings (SSSR count). The van der Waals surface area contributed by atoms with Crippen LogP contribution in [0.5, 0.6) is 0 Å². The third-order valence-corrected chi connectivity index (χ3v) is 6.99. The first-order valence-electron chi connectivity index (χ1n) is 11.7. The van der Waals surface area contributed by atoms with E-state index in [4.69, 9.17) is 0 Å². The molecule has 3 aromatic rings. The zero-order chi connectivity index (χ0) is 24.8. The summed E-state index contributed by atoms with van der Waals surface area (Å²) in [4.78, 5) is 41.5. The highest BCUT2D eigenvalue weighted by molar-refractivity contribution is 7.12. The highest BCUT2D eigenvalue weighted by Crippen LogP contribution is 2.30. The number of nitrogens with one attached hydrogen (secondary N) is 2. The van der Waals surface area contributed by atoms with Gasteiger partial charge in [0, 0.05) is 11.7 Å². The molecule has 0 saturated heterocycles. The fourth-order valence-corrected chi connectivity index (χ4v) is 4.93. The number of hydrogen-bond donors (Lipinski definition) is 2. The standard InChI is InChI=1S/C27H28FN3O3S/c1-18-8-14-22(15-9-18)31(24(32)17-29-26(33)23-7-4-16-35-23)25(19-10-12-20(28)13-11-19)27(34)30-21-5-2-3-6-21/h4,7-16,21,25H,2-3,5-6,17H2,1H3,(H,29,33)(H,30,34)/t25-/m1/s1. The monoisotopic (exact) mass is 493 g/mol. The predicted octanol–water partition coefficient (Wildman–Crippen LogP) is 4.76. The molecule has 6 nitrogen and oxygen atoms in total. The van der Waals surface area contributed by atoms with Crippen molar-refractivity contribution in [3.8, 4) is 0 Å². The van der Waals surface area contributed by atoms with Gasteiger partial charge in [0.05, 0.1) is 11.4 Å². The molecule has 182 valence electrons. The van der Waals surface area contributed by atoms with Gasteiger partial charge in [0.15, 0.2) is 0 Å². The normalized spacial score (nSPS) is 14.3. The molecule has 3 amide bonds. The minimum absolute atomic E-state index is 0.0407. The van der Waals surface area contributed by atoms with Crippen molar-refractivity contribution in [2.45, 2.75) is 44.7 Å². The molecule has 1 aromatic heterocycles. The summed E-state index contributed by atoms with van der Waals surface area (Å²) in [6, 6.07) is 15.3. The van der Waals surface area contributed by atoms with Crippen LogP contribution >= 0.6 is 11.3 Å². The van der Waals surface area contributed by atoms with Crippen molar-refractivity contribution in [2.75, 3.05) is 11.4 Å². The number of amides is 3. The molecule has 0 spiro atoms. The summed E-state index contributed by atoms with van der Waals surface area (Å²) in [5.74, 6) is -1.57. The first kappa shape index (κ1) is 24.6. The number of carbonyl (C=O) groups is 3. The predicted molar refractivity (Wildman–Crippen MR) is 135 cm³/mol. The maximum atomic E-state index is 13.7. The van der Waals surface area contributed by atoms with Gasteiger partial charge >= 0.3 is 0 Å². The van der Waals surface area contributed by atoms with E-state index in [9.17, 15) is 18.8 Å². The third-order valence-electron chi connectivity index (χ3n) is 6.12. The first-order valence-corrected chi connectivity index (χ1v) is 12.6. The molecule has 2 N–H and O–H groups in total. The van der Waals surface area contributed by atoms with Crippen LogP contribution in [0.2, 0.25) is 0 Å². The minimum Gasteiger partial charge on any atom is -0.351 e. The number of carbonyl (C=O) groups excluding carboxylic acids is 3. The van der Waals surface area contributed by atoms with E-state index in [0.29, 0.717) is 16.1 Å². The largest absolute Gasteiger partial charge is 0.351 e. The highest BCUT2D eigenvalue weighted by Gasteiger charge is 2.34. The quantitative estimate of drug-likeness (QED) is 0.475. The van der Waals surface area contributed by atoms with Gasteiger partial charge in [0.2, 0.25) is 11.8 Å². The van der Waals surface area contributed by atoms with Gasteiger partial charge in [0.25, 0.3) is 5.91 Å². The topological polar surface area (TPSA) is 78.5 Å². The Balaban J connectivity index is 1.67. The van der Waals surface area contributed by atoms with Crippen molar-refractivity contribution >= 4 is 34.7 Å². The SMILES string of the molecule is Cc1ccc(N(C(=O)CNC(=O)c2cccs2)[C@@H](C(=O)NC2CCCC2)c2ccc(F)cc2)cc1. The number of anilines is 1. The van der Waals surface area contributed by atoms with Gasteiger partial charge in [-0.25, -0.2) is 4.39 Å². The van der Waals surface area contributed by atoms with E-state index in [0.717, 1.165) is 31.2 Å². The van der Waals surface area contributed by atoms with Gasteiger partial charge < -0.3 is 10.6 Å². The fraction of sp³-hybridized carbons (Fsp3) is 0.296. The van der Waals surface area contributed by atoms with Crippen molar-refractivity contribution in [1.82, 2.24) is 10.6 Å². The Kier molecular flexibility index (Phi) is 7.92. The molecular weight excluding hydrogens is 465 g/mol. The summed E-state index contributed by atoms with van der Waals surface area (Å²) in [5.41, 5.74) is 2.00. The maximum absolute atomic E-state index is 13.7. The van der Waals surface area contributed by atoms with E-state index in [1.807, 2.05) is 19.1 Å². The number of rotatable bonds is 8. The Morgan fingerprint density at radius 2 is 1.71 bits per heavy atom. The van der Waals surface area contributed by atoms with Crippen LogP contribution in [0, 0.1) is 12.7 Å². The third kappa shape index (κ3) is 6.14. The second kappa shape index (κ2) is 11.3. The Hall–Kier alpha value is -3.52. The van der Waals surface area contributed by atoms with E-state index in [1.165, 1.54) is 40.5 Å². The van der Waals surface area contributed by atoms with E-state index in [2.05, 4.69) is 10.6 Å². The van der Waals surface area contributed by atoms with Crippen LogP contribution in [0.3, 0.4) is 0 Å². The molecular formula is C27H28FN3O3S. The van der Waals surface area contributed by atoms with Crippen molar-refractivity contribution in [3.05, 3.63) is 87.9 Å². The zero-order valence-electron chi connectivity index (χ0n) is 19.5. The lowest BCUT2D eigenvalue weighted by Crippen LogP contribution is -2.49. The Labute approximate surface area is 208 Å². The summed E-state index contributed by atoms with van der Waals surface area (Å²) in [7, 11) is 0. The maximum Gasteiger partial charge on any atom is 0.261 e. The first-order chi connectivity index (χ1) is 16.9. The summed E-state index contributed by atoms with van der Waals surface area (Å²) in [6.07, 6.45) is 3.86. The van der Waals surface area contributed by atoms with Gasteiger partial charge in [-0.1, -0.05) is 48.7 Å². The van der Waals surface area contributed by atoms with Gasteiger partial charge in [0.1, 0.15) is 11.9 Å². The van der Waals surface area contributed by atoms with Crippen LogP contribution in [0.15, 0.2) is 66.0 Å². The number of benzene rings is 2. The molecule has 0 aliphatic heterocycles.